The summed E-state index contributed by atoms with van der Waals surface area (Å²) in [5.74, 6) is 0.690. The predicted molar refractivity (Wildman–Crippen MR) is 77.9 cm³/mol. The zero-order valence-corrected chi connectivity index (χ0v) is 12.3. The molecule has 2 aromatic rings. The van der Waals surface area contributed by atoms with Crippen LogP contribution < -0.4 is 10.1 Å². The van der Waals surface area contributed by atoms with Crippen molar-refractivity contribution in [1.29, 1.82) is 0 Å². The number of hydrogen-bond acceptors (Lipinski definition) is 4. The molecular weight excluding hydrogens is 281 g/mol. The summed E-state index contributed by atoms with van der Waals surface area (Å²) in [5.41, 5.74) is 0.946. The van der Waals surface area contributed by atoms with Gasteiger partial charge < -0.3 is 10.1 Å². The van der Waals surface area contributed by atoms with Crippen LogP contribution in [0.15, 0.2) is 18.2 Å². The van der Waals surface area contributed by atoms with Crippen LogP contribution in [-0.4, -0.2) is 23.6 Å². The Morgan fingerprint density at radius 1 is 1.35 bits per heavy atom. The van der Waals surface area contributed by atoms with Crippen LogP contribution in [-0.2, 0) is 0 Å². The van der Waals surface area contributed by atoms with Gasteiger partial charge in [0.1, 0.15) is 5.75 Å². The Hall–Kier alpha value is -1.88. The minimum absolute atomic E-state index is 0.187. The molecule has 1 heterocycles. The zero-order chi connectivity index (χ0) is 14.7. The quantitative estimate of drug-likeness (QED) is 0.934. The monoisotopic (exact) mass is 295 g/mol. The van der Waals surface area contributed by atoms with Crippen molar-refractivity contribution >= 4 is 17.4 Å². The first-order valence-electron chi connectivity index (χ1n) is 6.18. The van der Waals surface area contributed by atoms with E-state index in [1.807, 2.05) is 6.92 Å². The van der Waals surface area contributed by atoms with Crippen molar-refractivity contribution in [1.82, 2.24) is 9.97 Å². The highest BCUT2D eigenvalue weighted by atomic mass is 35.5. The SMILES string of the molecule is CCNc1nc(-c2ccc(Cl)cc2OC)nc(C)c1F. The van der Waals surface area contributed by atoms with E-state index in [0.29, 0.717) is 28.7 Å². The van der Waals surface area contributed by atoms with E-state index in [1.165, 1.54) is 7.11 Å². The number of nitrogens with one attached hydrogen (secondary N) is 1. The predicted octanol–water partition coefficient (Wildman–Crippen LogP) is 3.68. The number of aromatic nitrogens is 2. The van der Waals surface area contributed by atoms with Crippen LogP contribution in [0.5, 0.6) is 5.75 Å². The van der Waals surface area contributed by atoms with E-state index in [-0.39, 0.29) is 11.5 Å². The molecule has 4 nitrogen and oxygen atoms in total. The van der Waals surface area contributed by atoms with Crippen molar-refractivity contribution in [2.45, 2.75) is 13.8 Å². The van der Waals surface area contributed by atoms with Gasteiger partial charge in [-0.1, -0.05) is 11.6 Å². The van der Waals surface area contributed by atoms with Gasteiger partial charge in [0.25, 0.3) is 0 Å². The lowest BCUT2D eigenvalue weighted by molar-refractivity contribution is 0.416. The Labute approximate surface area is 122 Å². The molecule has 0 aliphatic carbocycles. The largest absolute Gasteiger partial charge is 0.496 e. The van der Waals surface area contributed by atoms with E-state index in [2.05, 4.69) is 15.3 Å². The number of methoxy groups -OCH3 is 1. The molecule has 0 atom stereocenters. The van der Waals surface area contributed by atoms with Crippen LogP contribution in [0.4, 0.5) is 10.2 Å². The summed E-state index contributed by atoms with van der Waals surface area (Å²) in [6, 6.07) is 5.14. The van der Waals surface area contributed by atoms with Gasteiger partial charge in [-0.05, 0) is 32.0 Å². The number of ether oxygens (including phenoxy) is 1. The highest BCUT2D eigenvalue weighted by Crippen LogP contribution is 2.31. The molecule has 0 unspecified atom stereocenters. The van der Waals surface area contributed by atoms with Crippen LogP contribution >= 0.6 is 11.6 Å². The van der Waals surface area contributed by atoms with Crippen LogP contribution in [0.2, 0.25) is 5.02 Å². The average Bonchev–Trinajstić information content (AvgIpc) is 2.43. The second kappa shape index (κ2) is 6.05. The fourth-order valence-corrected chi connectivity index (χ4v) is 1.98. The van der Waals surface area contributed by atoms with Crippen LogP contribution in [0.25, 0.3) is 11.4 Å². The maximum atomic E-state index is 13.9. The van der Waals surface area contributed by atoms with Crippen LogP contribution in [0.1, 0.15) is 12.6 Å². The molecule has 0 spiro atoms. The number of rotatable bonds is 4. The molecule has 106 valence electrons. The highest BCUT2D eigenvalue weighted by molar-refractivity contribution is 6.30. The molecule has 0 bridgehead atoms. The number of aryl methyl sites for hydroxylation is 1. The van der Waals surface area contributed by atoms with Gasteiger partial charge in [0, 0.05) is 11.6 Å². The lowest BCUT2D eigenvalue weighted by atomic mass is 10.2. The molecule has 20 heavy (non-hydrogen) atoms. The first-order valence-corrected chi connectivity index (χ1v) is 6.56. The van der Waals surface area contributed by atoms with Gasteiger partial charge in [-0.25, -0.2) is 14.4 Å². The minimum atomic E-state index is -0.441. The van der Waals surface area contributed by atoms with E-state index >= 15 is 0 Å². The van der Waals surface area contributed by atoms with E-state index in [9.17, 15) is 4.39 Å². The van der Waals surface area contributed by atoms with Gasteiger partial charge in [0.15, 0.2) is 17.5 Å². The molecule has 0 saturated carbocycles. The van der Waals surface area contributed by atoms with E-state index < -0.39 is 5.82 Å². The molecule has 0 aliphatic rings. The molecule has 6 heteroatoms. The van der Waals surface area contributed by atoms with Crippen LogP contribution in [0, 0.1) is 12.7 Å². The van der Waals surface area contributed by atoms with E-state index in [4.69, 9.17) is 16.3 Å². The van der Waals surface area contributed by atoms with Gasteiger partial charge in [0.2, 0.25) is 0 Å². The summed E-state index contributed by atoms with van der Waals surface area (Å²) in [7, 11) is 1.54. The van der Waals surface area contributed by atoms with E-state index in [1.54, 1.807) is 25.1 Å². The number of benzene rings is 1. The Bertz CT molecular complexity index is 634. The standard InChI is InChI=1S/C14H15ClFN3O/c1-4-17-14-12(16)8(2)18-13(19-14)10-6-5-9(15)7-11(10)20-3/h5-7H,4H2,1-3H3,(H,17,18,19). The Kier molecular flexibility index (Phi) is 4.39. The maximum Gasteiger partial charge on any atom is 0.186 e. The normalized spacial score (nSPS) is 10.4. The molecule has 0 saturated heterocycles. The van der Waals surface area contributed by atoms with Gasteiger partial charge >= 0.3 is 0 Å². The first-order chi connectivity index (χ1) is 9.56. The number of nitrogens with zero attached hydrogens (tertiary/aromatic N) is 2. The van der Waals surface area contributed by atoms with Crippen molar-refractivity contribution in [2.24, 2.45) is 0 Å². The second-order valence-corrected chi connectivity index (χ2v) is 4.61. The average molecular weight is 296 g/mol. The van der Waals surface area contributed by atoms with Gasteiger partial charge in [-0.2, -0.15) is 0 Å². The van der Waals surface area contributed by atoms with Crippen molar-refractivity contribution in [3.05, 3.63) is 34.7 Å². The molecule has 0 aliphatic heterocycles. The smallest absolute Gasteiger partial charge is 0.186 e. The first kappa shape index (κ1) is 14.5. The Morgan fingerprint density at radius 3 is 2.75 bits per heavy atom. The van der Waals surface area contributed by atoms with E-state index in [0.717, 1.165) is 0 Å². The maximum absolute atomic E-state index is 13.9. The molecule has 0 fully saturated rings. The zero-order valence-electron chi connectivity index (χ0n) is 11.5. The number of anilines is 1. The van der Waals surface area contributed by atoms with Crippen molar-refractivity contribution in [2.75, 3.05) is 19.0 Å². The molecule has 1 aromatic heterocycles. The highest BCUT2D eigenvalue weighted by Gasteiger charge is 2.15. The van der Waals surface area contributed by atoms with Gasteiger partial charge in [0.05, 0.1) is 18.4 Å². The number of halogens is 2. The Balaban J connectivity index is 2.58. The molecular formula is C14H15ClFN3O. The summed E-state index contributed by atoms with van der Waals surface area (Å²) in [6.07, 6.45) is 0. The lowest BCUT2D eigenvalue weighted by Crippen LogP contribution is -2.07. The fraction of sp³-hybridized carbons (Fsp3) is 0.286. The third-order valence-electron chi connectivity index (χ3n) is 2.77. The second-order valence-electron chi connectivity index (χ2n) is 4.17. The lowest BCUT2D eigenvalue weighted by Gasteiger charge is -2.11. The number of hydrogen-bond donors (Lipinski definition) is 1. The molecule has 2 rings (SSSR count). The summed E-state index contributed by atoms with van der Waals surface area (Å²) in [4.78, 5) is 8.39. The Morgan fingerprint density at radius 2 is 2.10 bits per heavy atom. The summed E-state index contributed by atoms with van der Waals surface area (Å²) in [6.45, 7) is 4.05. The molecule has 0 amide bonds. The molecule has 1 N–H and O–H groups in total. The summed E-state index contributed by atoms with van der Waals surface area (Å²) < 4.78 is 19.2. The molecule has 0 radical (unpaired) electrons. The van der Waals surface area contributed by atoms with Crippen molar-refractivity contribution in [3.63, 3.8) is 0 Å². The third kappa shape index (κ3) is 2.82. The minimum Gasteiger partial charge on any atom is -0.496 e. The van der Waals surface area contributed by atoms with Gasteiger partial charge in [-0.15, -0.1) is 0 Å². The van der Waals surface area contributed by atoms with Crippen LogP contribution in [0.3, 0.4) is 0 Å². The molecule has 1 aromatic carbocycles. The van der Waals surface area contributed by atoms with Crippen molar-refractivity contribution in [3.8, 4) is 17.1 Å². The summed E-state index contributed by atoms with van der Waals surface area (Å²) in [5, 5.41) is 3.43. The van der Waals surface area contributed by atoms with Gasteiger partial charge in [-0.3, -0.25) is 0 Å². The fourth-order valence-electron chi connectivity index (χ4n) is 1.81. The topological polar surface area (TPSA) is 47.0 Å². The summed E-state index contributed by atoms with van der Waals surface area (Å²) >= 11 is 5.93. The third-order valence-corrected chi connectivity index (χ3v) is 3.00. The van der Waals surface area contributed by atoms with Crippen molar-refractivity contribution < 1.29 is 9.13 Å².